The topological polar surface area (TPSA) is 205 Å². The van der Waals surface area contributed by atoms with Crippen LogP contribution in [0.4, 0.5) is 22.0 Å². The lowest BCUT2D eigenvalue weighted by Gasteiger charge is -2.08. The van der Waals surface area contributed by atoms with Gasteiger partial charge in [0.15, 0.2) is 5.78 Å². The Bertz CT molecular complexity index is 4460. The fourth-order valence-electron chi connectivity index (χ4n) is 7.96. The number of rotatable bonds is 11. The van der Waals surface area contributed by atoms with Gasteiger partial charge in [0.1, 0.15) is 71.4 Å². The van der Waals surface area contributed by atoms with Crippen molar-refractivity contribution in [2.75, 3.05) is 14.2 Å². The van der Waals surface area contributed by atoms with Crippen LogP contribution in [0.1, 0.15) is 72.5 Å². The number of pyridine rings is 6. The number of aldehydes is 1. The lowest BCUT2D eigenvalue weighted by molar-refractivity contribution is 0.0592. The Kier molecular flexibility index (Phi) is 29.5. The third-order valence-electron chi connectivity index (χ3n) is 12.6. The molecule has 492 valence electrons. The van der Waals surface area contributed by atoms with Gasteiger partial charge in [-0.1, -0.05) is 81.2 Å². The summed E-state index contributed by atoms with van der Waals surface area (Å²) in [5.74, 6) is -2.64. The average molecular weight is 1450 g/mol. The van der Waals surface area contributed by atoms with E-state index in [1.165, 1.54) is 112 Å². The first kappa shape index (κ1) is 75.9. The van der Waals surface area contributed by atoms with E-state index in [0.29, 0.717) is 89.6 Å². The van der Waals surface area contributed by atoms with Crippen molar-refractivity contribution in [3.63, 3.8) is 0 Å². The largest absolute Gasteiger partial charge is 0.465 e. The zero-order valence-electron chi connectivity index (χ0n) is 50.4. The molecule has 6 aromatic heterocycles. The summed E-state index contributed by atoms with van der Waals surface area (Å²) in [5.41, 5.74) is 9.36. The molecule has 0 spiro atoms. The number of esters is 2. The number of benzene rings is 5. The summed E-state index contributed by atoms with van der Waals surface area (Å²) in [6.07, 6.45) is 0.0790. The minimum Gasteiger partial charge on any atom is -0.465 e. The summed E-state index contributed by atoms with van der Waals surface area (Å²) in [6.45, 7) is 3.01. The second kappa shape index (κ2) is 37.3. The van der Waals surface area contributed by atoms with Gasteiger partial charge in [-0.15, -0.1) is 0 Å². The summed E-state index contributed by atoms with van der Waals surface area (Å²) in [6, 6.07) is 48.0. The molecule has 0 aliphatic heterocycles. The summed E-state index contributed by atoms with van der Waals surface area (Å²) in [4.78, 5) is 68.5. The summed E-state index contributed by atoms with van der Waals surface area (Å²) < 4.78 is 73.0. The highest BCUT2D eigenvalue weighted by atomic mass is 35.5. The molecule has 6 heterocycles. The summed E-state index contributed by atoms with van der Waals surface area (Å²) >= 11 is 40.2. The molecule has 0 aliphatic carbocycles. The first-order chi connectivity index (χ1) is 45.7. The number of ether oxygens (including phenoxy) is 2. The van der Waals surface area contributed by atoms with Gasteiger partial charge in [0.05, 0.1) is 66.5 Å². The maximum atomic E-state index is 12.8. The number of carbonyl (C=O) groups excluding carboxylic acids is 4. The van der Waals surface area contributed by atoms with Crippen LogP contribution in [0.3, 0.4) is 0 Å². The van der Waals surface area contributed by atoms with E-state index >= 15 is 0 Å². The highest BCUT2D eigenvalue weighted by Crippen LogP contribution is 2.28. The van der Waals surface area contributed by atoms with Gasteiger partial charge in [0.25, 0.3) is 0 Å². The summed E-state index contributed by atoms with van der Waals surface area (Å²) in [5, 5.41) is 20.2. The quantitative estimate of drug-likeness (QED) is 0.0407. The number of aromatic nitrogens is 6. The first-order valence-electron chi connectivity index (χ1n) is 27.6. The number of aliphatic hydroxyl groups excluding tert-OH is 2. The van der Waals surface area contributed by atoms with Gasteiger partial charge in [0.2, 0.25) is 0 Å². The molecule has 1 unspecified atom stereocenters. The number of ketones is 1. The van der Waals surface area contributed by atoms with Crippen molar-refractivity contribution < 1.29 is 60.8 Å². The highest BCUT2D eigenvalue weighted by Gasteiger charge is 2.14. The number of aliphatic hydroxyl groups is 2. The van der Waals surface area contributed by atoms with Crippen LogP contribution in [-0.4, -0.2) is 78.3 Å². The Morgan fingerprint density at radius 3 is 1.02 bits per heavy atom. The highest BCUT2D eigenvalue weighted by molar-refractivity contribution is 6.33. The van der Waals surface area contributed by atoms with Gasteiger partial charge >= 0.3 is 11.9 Å². The van der Waals surface area contributed by atoms with Gasteiger partial charge in [-0.3, -0.25) is 9.59 Å². The fraction of sp³-hybridized carbons (Fsp3) is 0.0857. The molecule has 11 rings (SSSR count). The monoisotopic (exact) mass is 1440 g/mol. The molecular formula is C70H50Cl7F5N6O8. The van der Waals surface area contributed by atoms with E-state index in [0.717, 1.165) is 16.7 Å². The Morgan fingerprint density at radius 1 is 0.406 bits per heavy atom. The summed E-state index contributed by atoms with van der Waals surface area (Å²) in [7, 11) is 2.57. The third kappa shape index (κ3) is 24.3. The van der Waals surface area contributed by atoms with E-state index in [-0.39, 0.29) is 67.2 Å². The zero-order valence-corrected chi connectivity index (χ0v) is 55.7. The number of hydrogen-bond acceptors (Lipinski definition) is 14. The number of nitrogens with zero attached hydrogens (tertiary/aromatic N) is 6. The Balaban J connectivity index is 0.000000183. The minimum atomic E-state index is -0.616. The maximum absolute atomic E-state index is 12.8. The molecule has 1 atom stereocenters. The van der Waals surface area contributed by atoms with Gasteiger partial charge in [-0.2, -0.15) is 0 Å². The van der Waals surface area contributed by atoms with Crippen LogP contribution in [0.25, 0.3) is 56.3 Å². The predicted octanol–water partition coefficient (Wildman–Crippen LogP) is 19.2. The van der Waals surface area contributed by atoms with E-state index in [1.54, 1.807) is 110 Å². The van der Waals surface area contributed by atoms with Crippen molar-refractivity contribution in [3.05, 3.63) is 293 Å². The molecule has 0 fully saturated rings. The van der Waals surface area contributed by atoms with E-state index in [9.17, 15) is 46.2 Å². The smallest absolute Gasteiger partial charge is 0.338 e. The molecule has 5 aromatic carbocycles. The normalized spacial score (nSPS) is 10.6. The first-order valence-corrected chi connectivity index (χ1v) is 30.3. The van der Waals surface area contributed by atoms with E-state index < -0.39 is 18.0 Å². The van der Waals surface area contributed by atoms with Crippen LogP contribution < -0.4 is 0 Å². The second-order valence-corrected chi connectivity index (χ2v) is 22.3. The SMILES string of the molecule is CC(=O)c1cc(Cl)nc(-c2ccc(F)cc2)c1.CC(O)c1cc(Cl)nc(-c2ccc(F)cc2)c1.COC(=O)c1cc(Cl)nc(-c2ccc(F)cc2)c1.COC(=O)c1cc(Cl)nc(Cl)c1.O=Cc1cc(Cl)nc(-c2ccc(F)cc2)c1.OCc1cc(Cl)nc(-c2ccc(F)cc2)c1. The van der Waals surface area contributed by atoms with Gasteiger partial charge in [0, 0.05) is 38.9 Å². The maximum Gasteiger partial charge on any atom is 0.338 e. The van der Waals surface area contributed by atoms with Crippen LogP contribution in [0, 0.1) is 29.1 Å². The Morgan fingerprint density at radius 2 is 0.688 bits per heavy atom. The van der Waals surface area contributed by atoms with E-state index in [4.69, 9.17) is 86.3 Å². The van der Waals surface area contributed by atoms with Crippen LogP contribution in [0.15, 0.2) is 194 Å². The molecule has 2 N–H and O–H groups in total. The van der Waals surface area contributed by atoms with Crippen LogP contribution in [0.2, 0.25) is 36.1 Å². The molecule has 11 aromatic rings. The van der Waals surface area contributed by atoms with Crippen molar-refractivity contribution in [2.24, 2.45) is 0 Å². The minimum absolute atomic E-state index is 0.0855. The molecule has 26 heteroatoms. The Hall–Kier alpha value is -9.12. The molecule has 0 bridgehead atoms. The van der Waals surface area contributed by atoms with Crippen molar-refractivity contribution in [3.8, 4) is 56.3 Å². The number of methoxy groups -OCH3 is 2. The fourth-order valence-corrected chi connectivity index (χ4v) is 9.50. The van der Waals surface area contributed by atoms with E-state index in [1.807, 2.05) is 0 Å². The molecule has 96 heavy (non-hydrogen) atoms. The van der Waals surface area contributed by atoms with Gasteiger partial charge in [-0.25, -0.2) is 61.4 Å². The number of hydrogen-bond donors (Lipinski definition) is 2. The average Bonchev–Trinajstić information content (AvgIpc) is 0.893. The van der Waals surface area contributed by atoms with Crippen LogP contribution >= 0.6 is 81.2 Å². The van der Waals surface area contributed by atoms with Gasteiger partial charge < -0.3 is 19.7 Å². The number of Topliss-reactive ketones (excluding diaryl/α,β-unsaturated/α-hetero) is 1. The van der Waals surface area contributed by atoms with Crippen molar-refractivity contribution in [1.29, 1.82) is 0 Å². The van der Waals surface area contributed by atoms with Crippen molar-refractivity contribution >= 4 is 105 Å². The molecule has 0 radical (unpaired) electrons. The van der Waals surface area contributed by atoms with Crippen LogP contribution in [-0.2, 0) is 16.1 Å². The van der Waals surface area contributed by atoms with E-state index in [2.05, 4.69) is 39.4 Å². The molecule has 0 amide bonds. The molecule has 0 aliphatic rings. The third-order valence-corrected chi connectivity index (χ3v) is 13.9. The van der Waals surface area contributed by atoms with Crippen LogP contribution in [0.5, 0.6) is 0 Å². The molecule has 0 saturated heterocycles. The lowest BCUT2D eigenvalue weighted by atomic mass is 10.1. The Labute approximate surface area is 581 Å². The van der Waals surface area contributed by atoms with Crippen molar-refractivity contribution in [2.45, 2.75) is 26.6 Å². The molecular weight excluding hydrogens is 1400 g/mol. The lowest BCUT2D eigenvalue weighted by Crippen LogP contribution is -2.02. The number of halogens is 12. The molecule has 0 saturated carbocycles. The zero-order chi connectivity index (χ0) is 70.2. The predicted molar refractivity (Wildman–Crippen MR) is 362 cm³/mol. The second-order valence-electron chi connectivity index (χ2n) is 19.6. The molecule has 14 nitrogen and oxygen atoms in total. The van der Waals surface area contributed by atoms with Gasteiger partial charge in [-0.05, 0) is 219 Å². The van der Waals surface area contributed by atoms with Crippen molar-refractivity contribution in [1.82, 2.24) is 29.9 Å². The standard InChI is InChI=1S/C13H9ClFNO2.C13H11ClFNO.C13H9ClFNO.C12H9ClFNO.C12H7ClFNO.C7H5Cl2NO2/c1-18-13(17)9-6-11(16-12(14)7-9)8-2-4-10(15)5-3-8;2*1-8(17)10-6-12(16-13(14)7-10)9-2-4-11(15)5-3-9;2*13-12-6-8(7-16)5-11(15-12)9-1-3-10(14)4-2-9;1-12-7(11)4-2-5(8)10-6(9)3-4/h2-7H,1H3;2-8,17H,1H3;2-7H,1H3;1-6,16H,7H2;1-7H;2-3H,1H3. The number of carbonyl (C=O) groups is 4.